The molecule has 60 valence electrons. The van der Waals surface area contributed by atoms with Gasteiger partial charge in [0.05, 0.1) is 11.7 Å². The quantitative estimate of drug-likeness (QED) is 0.661. The second-order valence-corrected chi connectivity index (χ2v) is 2.83. The molecule has 0 aromatic carbocycles. The molecule has 5 heteroatoms. The van der Waals surface area contributed by atoms with Crippen LogP contribution in [-0.2, 0) is 0 Å². The fourth-order valence-electron chi connectivity index (χ4n) is 0.692. The van der Waals surface area contributed by atoms with Crippen molar-refractivity contribution in [1.82, 2.24) is 8.33 Å². The summed E-state index contributed by atoms with van der Waals surface area (Å²) in [5.41, 5.74) is -0.326. The average molecular weight is 172 g/mol. The van der Waals surface area contributed by atoms with Gasteiger partial charge in [0.15, 0.2) is 0 Å². The third-order valence-corrected chi connectivity index (χ3v) is 1.93. The van der Waals surface area contributed by atoms with Gasteiger partial charge in [-0.05, 0) is 6.42 Å². The Hall–Kier alpha value is -0.970. The van der Waals surface area contributed by atoms with Gasteiger partial charge in [-0.25, -0.2) is 0 Å². The summed E-state index contributed by atoms with van der Waals surface area (Å²) in [6.45, 7) is 1.89. The topological polar surface area (TPSA) is 52.0 Å². The minimum atomic E-state index is -0.326. The van der Waals surface area contributed by atoms with Crippen molar-refractivity contribution in [2.45, 2.75) is 19.8 Å². The first-order chi connectivity index (χ1) is 5.25. The summed E-state index contributed by atoms with van der Waals surface area (Å²) in [5.74, 6) is -0.167. The lowest BCUT2D eigenvalue weighted by Gasteiger charge is -1.93. The van der Waals surface area contributed by atoms with Crippen molar-refractivity contribution in [1.29, 1.82) is 0 Å². The van der Waals surface area contributed by atoms with E-state index >= 15 is 0 Å². The van der Waals surface area contributed by atoms with Crippen LogP contribution in [0.3, 0.4) is 0 Å². The Bertz CT molecular complexity index is 302. The monoisotopic (exact) mass is 172 g/mol. The lowest BCUT2D eigenvalue weighted by molar-refractivity contribution is 0.0911. The summed E-state index contributed by atoms with van der Waals surface area (Å²) in [5, 5.41) is 0. The maximum atomic E-state index is 11.1. The van der Waals surface area contributed by atoms with Crippen LogP contribution in [0.4, 0.5) is 0 Å². The summed E-state index contributed by atoms with van der Waals surface area (Å²) in [6.07, 6.45) is 2.31. The standard InChI is InChI=1S/C6H8N2O2S/c1-2-3-5(9)8-6(10)4-7-11-8/h4H,2-3H2,1H3. The van der Waals surface area contributed by atoms with Gasteiger partial charge >= 0.3 is 0 Å². The van der Waals surface area contributed by atoms with Gasteiger partial charge in [0, 0.05) is 6.42 Å². The Kier molecular flexibility index (Phi) is 2.53. The molecule has 0 amide bonds. The van der Waals surface area contributed by atoms with Crippen LogP contribution in [0, 0.1) is 0 Å². The van der Waals surface area contributed by atoms with E-state index in [4.69, 9.17) is 0 Å². The molecule has 0 radical (unpaired) electrons. The van der Waals surface area contributed by atoms with E-state index in [-0.39, 0.29) is 11.5 Å². The average Bonchev–Trinajstić information content (AvgIpc) is 2.36. The predicted octanol–water partition coefficient (Wildman–Crippen LogP) is 0.745. The van der Waals surface area contributed by atoms with Crippen LogP contribution in [0.2, 0.25) is 0 Å². The van der Waals surface area contributed by atoms with Crippen molar-refractivity contribution >= 4 is 17.6 Å². The Labute approximate surface area is 67.8 Å². The zero-order chi connectivity index (χ0) is 8.27. The normalized spacial score (nSPS) is 9.91. The predicted molar refractivity (Wildman–Crippen MR) is 41.9 cm³/mol. The Morgan fingerprint density at radius 2 is 2.55 bits per heavy atom. The maximum Gasteiger partial charge on any atom is 0.287 e. The number of hydrogen-bond acceptors (Lipinski definition) is 4. The van der Waals surface area contributed by atoms with E-state index in [2.05, 4.69) is 4.37 Å². The highest BCUT2D eigenvalue weighted by Gasteiger charge is 2.06. The first-order valence-electron chi connectivity index (χ1n) is 3.33. The second-order valence-electron chi connectivity index (χ2n) is 2.09. The molecule has 1 aromatic heterocycles. The summed E-state index contributed by atoms with van der Waals surface area (Å²) in [4.78, 5) is 21.9. The molecule has 0 saturated heterocycles. The van der Waals surface area contributed by atoms with Gasteiger partial charge in [-0.3, -0.25) is 9.59 Å². The molecule has 0 N–H and O–H groups in total. The molecule has 0 bridgehead atoms. The molecule has 0 aliphatic rings. The van der Waals surface area contributed by atoms with Crippen LogP contribution in [0.5, 0.6) is 0 Å². The van der Waals surface area contributed by atoms with Gasteiger partial charge in [-0.15, -0.1) is 0 Å². The lowest BCUT2D eigenvalue weighted by Crippen LogP contribution is -2.19. The molecule has 1 aromatic rings. The van der Waals surface area contributed by atoms with Crippen LogP contribution in [0.1, 0.15) is 24.6 Å². The number of carbonyl (C=O) groups excluding carboxylic acids is 1. The molecular formula is C6H8N2O2S. The fourth-order valence-corrected chi connectivity index (χ4v) is 1.23. The highest BCUT2D eigenvalue weighted by molar-refractivity contribution is 7.01. The van der Waals surface area contributed by atoms with Crippen molar-refractivity contribution in [2.75, 3.05) is 0 Å². The molecule has 0 aliphatic heterocycles. The van der Waals surface area contributed by atoms with E-state index in [1.54, 1.807) is 0 Å². The molecule has 0 saturated carbocycles. The van der Waals surface area contributed by atoms with Gasteiger partial charge in [0.2, 0.25) is 5.91 Å². The second kappa shape index (κ2) is 3.43. The van der Waals surface area contributed by atoms with Crippen molar-refractivity contribution in [3.63, 3.8) is 0 Å². The number of carbonyl (C=O) groups is 1. The molecule has 11 heavy (non-hydrogen) atoms. The number of rotatable bonds is 2. The van der Waals surface area contributed by atoms with Crippen LogP contribution >= 0.6 is 11.7 Å². The van der Waals surface area contributed by atoms with E-state index in [1.807, 2.05) is 6.92 Å². The molecule has 0 unspecified atom stereocenters. The molecule has 4 nitrogen and oxygen atoms in total. The Morgan fingerprint density at radius 3 is 3.00 bits per heavy atom. The summed E-state index contributed by atoms with van der Waals surface area (Å²) >= 11 is 0.902. The molecule has 0 spiro atoms. The molecule has 0 atom stereocenters. The number of aromatic nitrogens is 2. The summed E-state index contributed by atoms with van der Waals surface area (Å²) in [6, 6.07) is 0. The molecule has 0 fully saturated rings. The lowest BCUT2D eigenvalue weighted by atomic mass is 10.3. The number of nitrogens with zero attached hydrogens (tertiary/aromatic N) is 2. The van der Waals surface area contributed by atoms with Crippen molar-refractivity contribution < 1.29 is 4.79 Å². The minimum absolute atomic E-state index is 0.167. The Balaban J connectivity index is 2.85. The summed E-state index contributed by atoms with van der Waals surface area (Å²) in [7, 11) is 0. The first kappa shape index (κ1) is 8.13. The molecule has 1 rings (SSSR count). The zero-order valence-corrected chi connectivity index (χ0v) is 6.93. The maximum absolute atomic E-state index is 11.1. The van der Waals surface area contributed by atoms with Crippen LogP contribution in [-0.4, -0.2) is 14.2 Å². The van der Waals surface area contributed by atoms with E-state index in [0.29, 0.717) is 6.42 Å². The van der Waals surface area contributed by atoms with Gasteiger partial charge in [-0.1, -0.05) is 6.92 Å². The molecule has 0 aliphatic carbocycles. The fraction of sp³-hybridized carbons (Fsp3) is 0.500. The van der Waals surface area contributed by atoms with Gasteiger partial charge in [0.25, 0.3) is 5.56 Å². The largest absolute Gasteiger partial charge is 0.287 e. The SMILES string of the molecule is CCCC(=O)n1sncc1=O. The van der Waals surface area contributed by atoms with E-state index in [0.717, 1.165) is 28.3 Å². The van der Waals surface area contributed by atoms with Gasteiger partial charge in [0.1, 0.15) is 6.20 Å². The third kappa shape index (κ3) is 1.74. The van der Waals surface area contributed by atoms with Gasteiger partial charge < -0.3 is 0 Å². The van der Waals surface area contributed by atoms with E-state index < -0.39 is 0 Å². The van der Waals surface area contributed by atoms with Crippen molar-refractivity contribution in [3.8, 4) is 0 Å². The van der Waals surface area contributed by atoms with Crippen LogP contribution in [0.25, 0.3) is 0 Å². The third-order valence-electron chi connectivity index (χ3n) is 1.18. The van der Waals surface area contributed by atoms with E-state index in [9.17, 15) is 9.59 Å². The van der Waals surface area contributed by atoms with Crippen LogP contribution < -0.4 is 5.56 Å². The highest BCUT2D eigenvalue weighted by Crippen LogP contribution is 1.94. The summed E-state index contributed by atoms with van der Waals surface area (Å²) < 4.78 is 4.67. The van der Waals surface area contributed by atoms with Crippen molar-refractivity contribution in [2.24, 2.45) is 0 Å². The van der Waals surface area contributed by atoms with E-state index in [1.165, 1.54) is 0 Å². The zero-order valence-electron chi connectivity index (χ0n) is 6.11. The first-order valence-corrected chi connectivity index (χ1v) is 4.06. The van der Waals surface area contributed by atoms with Crippen molar-refractivity contribution in [3.05, 3.63) is 16.6 Å². The number of hydrogen-bond donors (Lipinski definition) is 0. The Morgan fingerprint density at radius 1 is 1.82 bits per heavy atom. The smallest absolute Gasteiger partial charge is 0.273 e. The van der Waals surface area contributed by atoms with Gasteiger partial charge in [-0.2, -0.15) is 8.33 Å². The van der Waals surface area contributed by atoms with Crippen LogP contribution in [0.15, 0.2) is 11.0 Å². The molecule has 1 heterocycles. The molecular weight excluding hydrogens is 164 g/mol. The minimum Gasteiger partial charge on any atom is -0.273 e. The highest BCUT2D eigenvalue weighted by atomic mass is 32.1.